The molecular weight excluding hydrogens is 689 g/mol. The van der Waals surface area contributed by atoms with Crippen molar-refractivity contribution in [1.29, 1.82) is 0 Å². The zero-order valence-corrected chi connectivity index (χ0v) is 28.8. The predicted molar refractivity (Wildman–Crippen MR) is 176 cm³/mol. The molecule has 0 amide bonds. The number of nitrogens with one attached hydrogen (secondary N) is 3. The van der Waals surface area contributed by atoms with Crippen molar-refractivity contribution in [2.45, 2.75) is 26.7 Å². The molecule has 2 saturated heterocycles. The van der Waals surface area contributed by atoms with Crippen molar-refractivity contribution in [3.8, 4) is 0 Å². The van der Waals surface area contributed by atoms with Crippen LogP contribution in [-0.4, -0.2) is 91.6 Å². The van der Waals surface area contributed by atoms with Crippen molar-refractivity contribution < 1.29 is 16.8 Å². The molecule has 2 fully saturated rings. The molecule has 4 aromatic heterocycles. The first-order valence-electron chi connectivity index (χ1n) is 13.9. The molecule has 15 nitrogen and oxygen atoms in total. The number of hydrogen-bond donors (Lipinski definition) is 4. The number of nitrogens with zero attached hydrogens (tertiary/aromatic N) is 7. The lowest BCUT2D eigenvalue weighted by molar-refractivity contribution is 0.328. The summed E-state index contributed by atoms with van der Waals surface area (Å²) in [6, 6.07) is 3.68. The highest BCUT2D eigenvalue weighted by Crippen LogP contribution is 2.31. The van der Waals surface area contributed by atoms with E-state index in [1.807, 2.05) is 19.9 Å². The summed E-state index contributed by atoms with van der Waals surface area (Å²) in [6.45, 7) is 8.54. The van der Waals surface area contributed by atoms with Gasteiger partial charge in [0, 0.05) is 26.2 Å². The van der Waals surface area contributed by atoms with Crippen LogP contribution in [0.5, 0.6) is 0 Å². The van der Waals surface area contributed by atoms with Crippen molar-refractivity contribution in [3.63, 3.8) is 0 Å². The normalized spacial score (nSPS) is 15.7. The highest BCUT2D eigenvalue weighted by Gasteiger charge is 2.30. The van der Waals surface area contributed by atoms with Gasteiger partial charge in [0.15, 0.2) is 11.0 Å². The second-order valence-electron chi connectivity index (χ2n) is 10.9. The van der Waals surface area contributed by atoms with Gasteiger partial charge in [0.1, 0.15) is 34.0 Å². The molecule has 0 aromatic carbocycles. The lowest BCUT2D eigenvalue weighted by Gasteiger charge is -2.40. The van der Waals surface area contributed by atoms with Gasteiger partial charge in [-0.1, -0.05) is 34.8 Å². The molecule has 2 aliphatic heterocycles. The number of fused-ring (bicyclic) bond motifs is 2. The third-order valence-corrected chi connectivity index (χ3v) is 9.38. The van der Waals surface area contributed by atoms with Crippen LogP contribution in [0.4, 0.5) is 5.82 Å². The van der Waals surface area contributed by atoms with Gasteiger partial charge in [-0.05, 0) is 74.9 Å². The maximum absolute atomic E-state index is 11.0. The van der Waals surface area contributed by atoms with Gasteiger partial charge in [-0.2, -0.15) is 18.6 Å². The van der Waals surface area contributed by atoms with Crippen LogP contribution in [0.2, 0.25) is 15.5 Å². The van der Waals surface area contributed by atoms with Gasteiger partial charge in [0.2, 0.25) is 10.0 Å². The first kappa shape index (κ1) is 35.5. The Morgan fingerprint density at radius 2 is 1.40 bits per heavy atom. The fourth-order valence-corrected chi connectivity index (χ4v) is 6.60. The van der Waals surface area contributed by atoms with Crippen LogP contribution in [0.25, 0.3) is 11.0 Å². The SMILES string of the molecule is Cc1cc(Cl)n2ncnc(Cl)c12.Cc1cc(Cl)n2ncnc(N3CC(CCNS(C)(=O)=O)C3)c12.NS(=O)(=O)NCCC1CNC1. The number of nitrogens with two attached hydrogens (primary N) is 1. The van der Waals surface area contributed by atoms with Crippen molar-refractivity contribution in [3.05, 3.63) is 51.4 Å². The summed E-state index contributed by atoms with van der Waals surface area (Å²) >= 11 is 17.9. The second-order valence-corrected chi connectivity index (χ2v) is 15.3. The Balaban J connectivity index is 0.000000169. The zero-order valence-electron chi connectivity index (χ0n) is 24.9. The Hall–Kier alpha value is -2.35. The van der Waals surface area contributed by atoms with E-state index in [0.29, 0.717) is 40.4 Å². The molecule has 0 spiro atoms. The number of anilines is 1. The molecule has 2 aliphatic rings. The molecule has 0 bridgehead atoms. The van der Waals surface area contributed by atoms with Crippen molar-refractivity contribution in [2.24, 2.45) is 17.0 Å². The van der Waals surface area contributed by atoms with Gasteiger partial charge in [0.25, 0.3) is 10.2 Å². The second kappa shape index (κ2) is 15.0. The number of sulfonamides is 1. The molecule has 45 heavy (non-hydrogen) atoms. The Morgan fingerprint density at radius 1 is 0.867 bits per heavy atom. The van der Waals surface area contributed by atoms with E-state index in [1.165, 1.54) is 18.9 Å². The van der Waals surface area contributed by atoms with Gasteiger partial charge < -0.3 is 10.2 Å². The van der Waals surface area contributed by atoms with E-state index in [9.17, 15) is 16.8 Å². The van der Waals surface area contributed by atoms with E-state index < -0.39 is 20.2 Å². The van der Waals surface area contributed by atoms with E-state index in [2.05, 4.69) is 39.8 Å². The summed E-state index contributed by atoms with van der Waals surface area (Å²) in [5.74, 6) is 1.96. The van der Waals surface area contributed by atoms with Crippen LogP contribution in [-0.2, 0) is 20.2 Å². The van der Waals surface area contributed by atoms with Crippen LogP contribution in [0.15, 0.2) is 24.8 Å². The first-order chi connectivity index (χ1) is 21.1. The standard InChI is InChI=1S/C13H18ClN5O2S.C7H5Cl2N3.C5H13N3O2S/c1-9-5-11(14)19-12(9)13(15-8-16-19)18-6-10(7-18)3-4-17-22(2,20)21;1-4-2-5(8)12-6(4)7(9)10-3-11-12;6-11(9,10)8-2-1-5-3-7-4-5/h5,8,10,17H,3-4,6-7H2,1-2H3;2-3H,1H3;5,7-8H,1-4H2,(H2,6,9,10). The van der Waals surface area contributed by atoms with E-state index in [0.717, 1.165) is 67.0 Å². The maximum atomic E-state index is 11.0. The number of halogens is 3. The largest absolute Gasteiger partial charge is 0.354 e. The molecule has 20 heteroatoms. The Bertz CT molecular complexity index is 1840. The molecule has 5 N–H and O–H groups in total. The Labute approximate surface area is 277 Å². The quantitative estimate of drug-likeness (QED) is 0.198. The maximum Gasteiger partial charge on any atom is 0.274 e. The van der Waals surface area contributed by atoms with Crippen LogP contribution in [0, 0.1) is 25.7 Å². The first-order valence-corrected chi connectivity index (χ1v) is 18.5. The van der Waals surface area contributed by atoms with E-state index >= 15 is 0 Å². The predicted octanol–water partition coefficient (Wildman–Crippen LogP) is 1.80. The molecule has 0 radical (unpaired) electrons. The molecule has 0 unspecified atom stereocenters. The molecular formula is C25H36Cl3N11O4S2. The highest BCUT2D eigenvalue weighted by molar-refractivity contribution is 7.88. The fourth-order valence-electron chi connectivity index (χ4n) is 4.86. The van der Waals surface area contributed by atoms with Crippen molar-refractivity contribution in [1.82, 2.24) is 44.0 Å². The van der Waals surface area contributed by atoms with Gasteiger partial charge in [-0.15, -0.1) is 0 Å². The molecule has 6 heterocycles. The summed E-state index contributed by atoms with van der Waals surface area (Å²) in [4.78, 5) is 10.4. The molecule has 0 saturated carbocycles. The molecule has 4 aromatic rings. The van der Waals surface area contributed by atoms with Crippen LogP contribution >= 0.6 is 34.8 Å². The Kier molecular flexibility index (Phi) is 11.9. The smallest absolute Gasteiger partial charge is 0.274 e. The molecule has 248 valence electrons. The third kappa shape index (κ3) is 9.82. The number of aromatic nitrogens is 6. The average molecular weight is 725 g/mol. The van der Waals surface area contributed by atoms with Crippen LogP contribution < -0.4 is 24.8 Å². The van der Waals surface area contributed by atoms with Crippen molar-refractivity contribution in [2.75, 3.05) is 50.4 Å². The summed E-state index contributed by atoms with van der Waals surface area (Å²) in [6.07, 6.45) is 5.75. The lowest BCUT2D eigenvalue weighted by Crippen LogP contribution is -2.48. The van der Waals surface area contributed by atoms with Gasteiger partial charge in [0.05, 0.1) is 6.26 Å². The third-order valence-electron chi connectivity index (χ3n) is 7.23. The molecule has 0 atom stereocenters. The Morgan fingerprint density at radius 3 is 1.93 bits per heavy atom. The van der Waals surface area contributed by atoms with Crippen LogP contribution in [0.3, 0.4) is 0 Å². The minimum atomic E-state index is -3.47. The van der Waals surface area contributed by atoms with Gasteiger partial charge in [-0.3, -0.25) is 0 Å². The summed E-state index contributed by atoms with van der Waals surface area (Å²) in [5, 5.41) is 17.5. The van der Waals surface area contributed by atoms with E-state index in [1.54, 1.807) is 15.1 Å². The van der Waals surface area contributed by atoms with E-state index in [-0.39, 0.29) is 0 Å². The molecule has 6 rings (SSSR count). The number of hydrogen-bond acceptors (Lipinski definition) is 10. The fraction of sp³-hybridized carbons (Fsp3) is 0.520. The summed E-state index contributed by atoms with van der Waals surface area (Å²) < 4.78 is 50.8. The minimum Gasteiger partial charge on any atom is -0.354 e. The minimum absolute atomic E-state index is 0.425. The topological polar surface area (TPSA) is 194 Å². The van der Waals surface area contributed by atoms with Crippen molar-refractivity contribution >= 4 is 71.9 Å². The monoisotopic (exact) mass is 723 g/mol. The molecule has 0 aliphatic carbocycles. The average Bonchev–Trinajstić information content (AvgIpc) is 3.36. The van der Waals surface area contributed by atoms with Gasteiger partial charge >= 0.3 is 0 Å². The lowest BCUT2D eigenvalue weighted by atomic mass is 9.96. The van der Waals surface area contributed by atoms with Crippen LogP contribution in [0.1, 0.15) is 24.0 Å². The highest BCUT2D eigenvalue weighted by atomic mass is 35.5. The van der Waals surface area contributed by atoms with Gasteiger partial charge in [-0.25, -0.2) is 42.0 Å². The summed E-state index contributed by atoms with van der Waals surface area (Å²) in [5.41, 5.74) is 3.72. The number of aryl methyl sites for hydroxylation is 2. The number of rotatable bonds is 9. The zero-order chi connectivity index (χ0) is 32.9. The summed E-state index contributed by atoms with van der Waals surface area (Å²) in [7, 11) is -6.58. The van der Waals surface area contributed by atoms with E-state index in [4.69, 9.17) is 39.9 Å².